The highest BCUT2D eigenvalue weighted by Crippen LogP contribution is 2.17. The van der Waals surface area contributed by atoms with E-state index < -0.39 is 16.7 Å². The van der Waals surface area contributed by atoms with E-state index in [1.807, 2.05) is 6.07 Å². The fourth-order valence-electron chi connectivity index (χ4n) is 1.65. The zero-order valence-corrected chi connectivity index (χ0v) is 10.7. The summed E-state index contributed by atoms with van der Waals surface area (Å²) in [7, 11) is -1.18. The largest absolute Gasteiger partial charge is 0.468 e. The van der Waals surface area contributed by atoms with Crippen LogP contribution in [0.4, 0.5) is 0 Å². The number of carbonyl (C=O) groups excluding carboxylic acids is 1. The second-order valence-electron chi connectivity index (χ2n) is 3.90. The first-order valence-corrected chi connectivity index (χ1v) is 6.71. The summed E-state index contributed by atoms with van der Waals surface area (Å²) in [4.78, 5) is 11.7. The van der Waals surface area contributed by atoms with Crippen molar-refractivity contribution in [1.29, 1.82) is 0 Å². The molecule has 1 amide bonds. The first-order valence-electron chi connectivity index (χ1n) is 5.39. The molecule has 4 nitrogen and oxygen atoms in total. The summed E-state index contributed by atoms with van der Waals surface area (Å²) in [5.41, 5.74) is 6.44. The van der Waals surface area contributed by atoms with Crippen LogP contribution in [-0.4, -0.2) is 10.1 Å². The minimum Gasteiger partial charge on any atom is -0.468 e. The number of furan rings is 1. The Balaban J connectivity index is 2.20. The first-order chi connectivity index (χ1) is 8.58. The van der Waals surface area contributed by atoms with Crippen molar-refractivity contribution in [3.63, 3.8) is 0 Å². The van der Waals surface area contributed by atoms with E-state index in [1.54, 1.807) is 31.2 Å². The first kappa shape index (κ1) is 12.6. The molecular formula is C13H13NO3S. The molecule has 18 heavy (non-hydrogen) atoms. The molecule has 1 unspecified atom stereocenters. The van der Waals surface area contributed by atoms with Gasteiger partial charge in [0.15, 0.2) is 0 Å². The normalized spacial score (nSPS) is 12.3. The van der Waals surface area contributed by atoms with E-state index in [1.165, 1.54) is 6.26 Å². The number of nitrogens with two attached hydrogens (primary N) is 1. The van der Waals surface area contributed by atoms with Crippen LogP contribution in [0.15, 0.2) is 45.9 Å². The third-order valence-electron chi connectivity index (χ3n) is 2.57. The molecule has 0 aliphatic heterocycles. The number of aryl methyl sites for hydroxylation is 1. The summed E-state index contributed by atoms with van der Waals surface area (Å²) in [5, 5.41) is 0. The summed E-state index contributed by atoms with van der Waals surface area (Å²) < 4.78 is 17.2. The van der Waals surface area contributed by atoms with Crippen LogP contribution in [0.3, 0.4) is 0 Å². The van der Waals surface area contributed by atoms with Gasteiger partial charge >= 0.3 is 0 Å². The number of hydrogen-bond donors (Lipinski definition) is 1. The van der Waals surface area contributed by atoms with Crippen LogP contribution < -0.4 is 5.73 Å². The van der Waals surface area contributed by atoms with Gasteiger partial charge in [0, 0.05) is 5.56 Å². The Hall–Kier alpha value is -1.88. The summed E-state index contributed by atoms with van der Waals surface area (Å²) in [6, 6.07) is 8.55. The van der Waals surface area contributed by atoms with Gasteiger partial charge in [-0.05, 0) is 30.7 Å². The molecule has 94 valence electrons. The van der Waals surface area contributed by atoms with E-state index in [-0.39, 0.29) is 0 Å². The van der Waals surface area contributed by atoms with Gasteiger partial charge in [-0.1, -0.05) is 12.1 Å². The average molecular weight is 263 g/mol. The molecule has 1 aromatic carbocycles. The summed E-state index contributed by atoms with van der Waals surface area (Å²) in [6.45, 7) is 1.77. The highest BCUT2D eigenvalue weighted by molar-refractivity contribution is 7.84. The van der Waals surface area contributed by atoms with E-state index in [9.17, 15) is 9.00 Å². The predicted octanol–water partition coefficient (Wildman–Crippen LogP) is 1.99. The predicted molar refractivity (Wildman–Crippen MR) is 68.5 cm³/mol. The van der Waals surface area contributed by atoms with Crippen molar-refractivity contribution in [3.05, 3.63) is 53.5 Å². The summed E-state index contributed by atoms with van der Waals surface area (Å²) in [6.07, 6.45) is 1.52. The lowest BCUT2D eigenvalue weighted by Gasteiger charge is -2.03. The minimum atomic E-state index is -1.18. The second kappa shape index (κ2) is 5.18. The number of amides is 1. The Labute approximate surface area is 107 Å². The van der Waals surface area contributed by atoms with Crippen LogP contribution in [0.2, 0.25) is 0 Å². The summed E-state index contributed by atoms with van der Waals surface area (Å²) in [5.74, 6) is 0.503. The van der Waals surface area contributed by atoms with E-state index in [4.69, 9.17) is 10.2 Å². The van der Waals surface area contributed by atoms with E-state index in [0.29, 0.717) is 22.0 Å². The lowest BCUT2D eigenvalue weighted by atomic mass is 10.1. The summed E-state index contributed by atoms with van der Waals surface area (Å²) >= 11 is 0. The van der Waals surface area contributed by atoms with Crippen LogP contribution in [0.25, 0.3) is 0 Å². The van der Waals surface area contributed by atoms with Crippen molar-refractivity contribution in [2.24, 2.45) is 5.73 Å². The molecule has 0 bridgehead atoms. The van der Waals surface area contributed by atoms with Crippen molar-refractivity contribution >= 4 is 16.7 Å². The maximum absolute atomic E-state index is 12.1. The lowest BCUT2D eigenvalue weighted by molar-refractivity contribution is 0.1000. The molecule has 1 aromatic heterocycles. The van der Waals surface area contributed by atoms with E-state index in [2.05, 4.69) is 0 Å². The Morgan fingerprint density at radius 2 is 2.17 bits per heavy atom. The van der Waals surface area contributed by atoms with Gasteiger partial charge in [-0.25, -0.2) is 0 Å². The minimum absolute atomic E-state index is 0.335. The smallest absolute Gasteiger partial charge is 0.248 e. The van der Waals surface area contributed by atoms with Gasteiger partial charge in [-0.2, -0.15) is 0 Å². The molecule has 0 saturated heterocycles. The highest BCUT2D eigenvalue weighted by atomic mass is 32.2. The van der Waals surface area contributed by atoms with Crippen LogP contribution in [0, 0.1) is 6.92 Å². The zero-order chi connectivity index (χ0) is 13.1. The van der Waals surface area contributed by atoms with Gasteiger partial charge in [0.25, 0.3) is 0 Å². The average Bonchev–Trinajstić information content (AvgIpc) is 2.76. The van der Waals surface area contributed by atoms with Crippen molar-refractivity contribution in [2.45, 2.75) is 17.6 Å². The monoisotopic (exact) mass is 263 g/mol. The molecule has 2 rings (SSSR count). The Bertz CT molecular complexity index is 604. The molecule has 0 spiro atoms. The van der Waals surface area contributed by atoms with Gasteiger partial charge in [0.2, 0.25) is 5.91 Å². The molecule has 0 aliphatic rings. The number of carbonyl (C=O) groups is 1. The number of hydrogen-bond acceptors (Lipinski definition) is 3. The Morgan fingerprint density at radius 1 is 1.39 bits per heavy atom. The Morgan fingerprint density at radius 3 is 2.78 bits per heavy atom. The van der Waals surface area contributed by atoms with Crippen LogP contribution in [0.5, 0.6) is 0 Å². The van der Waals surface area contributed by atoms with E-state index in [0.717, 1.165) is 5.56 Å². The molecule has 0 radical (unpaired) electrons. The lowest BCUT2D eigenvalue weighted by Crippen LogP contribution is -2.11. The van der Waals surface area contributed by atoms with Crippen molar-refractivity contribution in [2.75, 3.05) is 0 Å². The Kier molecular flexibility index (Phi) is 3.62. The van der Waals surface area contributed by atoms with Gasteiger partial charge in [0.1, 0.15) is 5.76 Å². The zero-order valence-electron chi connectivity index (χ0n) is 9.88. The third-order valence-corrected chi connectivity index (χ3v) is 4.08. The molecule has 1 heterocycles. The maximum atomic E-state index is 12.1. The fraction of sp³-hybridized carbons (Fsp3) is 0.154. The topological polar surface area (TPSA) is 73.3 Å². The van der Waals surface area contributed by atoms with Gasteiger partial charge in [-0.3, -0.25) is 9.00 Å². The molecule has 0 saturated carbocycles. The van der Waals surface area contributed by atoms with Gasteiger partial charge in [0.05, 0.1) is 27.7 Å². The second-order valence-corrected chi connectivity index (χ2v) is 5.32. The molecule has 2 aromatic rings. The molecule has 1 atom stereocenters. The SMILES string of the molecule is Cc1occc1S(=O)Cc1cccc(C(N)=O)c1. The molecule has 0 aliphatic carbocycles. The van der Waals surface area contributed by atoms with Crippen molar-refractivity contribution in [1.82, 2.24) is 0 Å². The van der Waals surface area contributed by atoms with Crippen molar-refractivity contribution < 1.29 is 13.4 Å². The number of primary amides is 1. The highest BCUT2D eigenvalue weighted by Gasteiger charge is 2.11. The van der Waals surface area contributed by atoms with Crippen LogP contribution in [-0.2, 0) is 16.6 Å². The van der Waals surface area contributed by atoms with E-state index >= 15 is 0 Å². The molecular weight excluding hydrogens is 250 g/mol. The van der Waals surface area contributed by atoms with Crippen molar-refractivity contribution in [3.8, 4) is 0 Å². The number of rotatable bonds is 4. The molecule has 2 N–H and O–H groups in total. The standard InChI is InChI=1S/C13H13NO3S/c1-9-12(5-6-17-9)18(16)8-10-3-2-4-11(7-10)13(14)15/h2-7H,8H2,1H3,(H2,14,15). The van der Waals surface area contributed by atoms with Gasteiger partial charge < -0.3 is 10.2 Å². The maximum Gasteiger partial charge on any atom is 0.248 e. The molecule has 5 heteroatoms. The number of benzene rings is 1. The van der Waals surface area contributed by atoms with Crippen LogP contribution in [0.1, 0.15) is 21.7 Å². The molecule has 0 fully saturated rings. The van der Waals surface area contributed by atoms with Gasteiger partial charge in [-0.15, -0.1) is 0 Å². The third kappa shape index (κ3) is 2.68. The quantitative estimate of drug-likeness (QED) is 0.916. The van der Waals surface area contributed by atoms with Crippen LogP contribution >= 0.6 is 0 Å². The fourth-order valence-corrected chi connectivity index (χ4v) is 2.87.